The predicted octanol–water partition coefficient (Wildman–Crippen LogP) is 5.80. The first kappa shape index (κ1) is 22.4. The lowest BCUT2D eigenvalue weighted by Crippen LogP contribution is -2.08. The lowest BCUT2D eigenvalue weighted by atomic mass is 9.95. The zero-order chi connectivity index (χ0) is 17.3. The maximum Gasteiger partial charge on any atom is 0.306 e. The smallest absolute Gasteiger partial charge is 0.306 e. The van der Waals surface area contributed by atoms with E-state index in [0.29, 0.717) is 12.5 Å². The molecular formula is C20H40O3. The summed E-state index contributed by atoms with van der Waals surface area (Å²) in [5, 5.41) is 18.2. The van der Waals surface area contributed by atoms with Crippen molar-refractivity contribution in [3.05, 3.63) is 0 Å². The lowest BCUT2D eigenvalue weighted by molar-refractivity contribution is -0.141. The van der Waals surface area contributed by atoms with Crippen molar-refractivity contribution in [3.63, 3.8) is 0 Å². The Balaban J connectivity index is 3.35. The summed E-state index contributed by atoms with van der Waals surface area (Å²) in [4.78, 5) is 10.7. The Morgan fingerprint density at radius 1 is 0.783 bits per heavy atom. The van der Waals surface area contributed by atoms with Crippen LogP contribution in [0, 0.1) is 11.8 Å². The molecule has 0 aliphatic heterocycles. The van der Waals surface area contributed by atoms with E-state index in [-0.39, 0.29) is 5.92 Å². The molecule has 0 spiro atoms. The molecule has 0 saturated carbocycles. The third-order valence-corrected chi connectivity index (χ3v) is 4.90. The third kappa shape index (κ3) is 14.7. The van der Waals surface area contributed by atoms with Crippen LogP contribution in [-0.4, -0.2) is 22.8 Å². The van der Waals surface area contributed by atoms with Crippen LogP contribution in [-0.2, 0) is 4.79 Å². The van der Waals surface area contributed by atoms with Crippen molar-refractivity contribution in [2.24, 2.45) is 11.8 Å². The van der Waals surface area contributed by atoms with Crippen molar-refractivity contribution < 1.29 is 15.0 Å². The number of hydrogen-bond donors (Lipinski definition) is 2. The summed E-state index contributed by atoms with van der Waals surface area (Å²) in [5.41, 5.74) is 0. The Kier molecular flexibility index (Phi) is 15.9. The van der Waals surface area contributed by atoms with Gasteiger partial charge < -0.3 is 10.2 Å². The molecule has 0 amide bonds. The molecule has 2 unspecified atom stereocenters. The molecule has 0 aliphatic carbocycles. The number of aliphatic carboxylic acids is 1. The van der Waals surface area contributed by atoms with Gasteiger partial charge in [0.2, 0.25) is 0 Å². The van der Waals surface area contributed by atoms with Crippen LogP contribution in [0.3, 0.4) is 0 Å². The molecule has 0 aromatic rings. The van der Waals surface area contributed by atoms with Crippen LogP contribution in [0.2, 0.25) is 0 Å². The maximum atomic E-state index is 10.7. The van der Waals surface area contributed by atoms with Crippen molar-refractivity contribution in [2.45, 2.75) is 104 Å². The minimum atomic E-state index is -0.668. The highest BCUT2D eigenvalue weighted by Crippen LogP contribution is 2.18. The number of carboxylic acids is 1. The van der Waals surface area contributed by atoms with E-state index in [1.54, 1.807) is 6.92 Å². The highest BCUT2D eigenvalue weighted by Gasteiger charge is 2.09. The van der Waals surface area contributed by atoms with Crippen molar-refractivity contribution in [1.82, 2.24) is 0 Å². The quantitative estimate of drug-likeness (QED) is 0.332. The lowest BCUT2D eigenvalue weighted by Gasteiger charge is -2.13. The van der Waals surface area contributed by atoms with Crippen LogP contribution in [0.15, 0.2) is 0 Å². The minimum Gasteiger partial charge on any atom is -0.481 e. The number of aliphatic hydroxyl groups excluding tert-OH is 1. The number of hydrogen-bond acceptors (Lipinski definition) is 2. The molecule has 23 heavy (non-hydrogen) atoms. The van der Waals surface area contributed by atoms with Crippen LogP contribution in [0.5, 0.6) is 0 Å². The van der Waals surface area contributed by atoms with E-state index in [1.165, 1.54) is 70.6 Å². The Hall–Kier alpha value is -0.570. The van der Waals surface area contributed by atoms with Crippen LogP contribution in [0.1, 0.15) is 104 Å². The first-order chi connectivity index (χ1) is 11.1. The largest absolute Gasteiger partial charge is 0.481 e. The molecule has 2 N–H and O–H groups in total. The summed E-state index contributed by atoms with van der Waals surface area (Å²) >= 11 is 0. The first-order valence-electron chi connectivity index (χ1n) is 9.95. The summed E-state index contributed by atoms with van der Waals surface area (Å²) in [6, 6.07) is 0. The van der Waals surface area contributed by atoms with Gasteiger partial charge in [0.1, 0.15) is 0 Å². The summed E-state index contributed by atoms with van der Waals surface area (Å²) in [6.07, 6.45) is 16.9. The highest BCUT2D eigenvalue weighted by atomic mass is 16.4. The Bertz CT molecular complexity index is 266. The van der Waals surface area contributed by atoms with Gasteiger partial charge in [-0.1, -0.05) is 84.5 Å². The fourth-order valence-electron chi connectivity index (χ4n) is 3.08. The van der Waals surface area contributed by atoms with Crippen molar-refractivity contribution >= 4 is 5.97 Å². The van der Waals surface area contributed by atoms with Crippen LogP contribution in [0.25, 0.3) is 0 Å². The summed E-state index contributed by atoms with van der Waals surface area (Å²) in [7, 11) is 0. The molecule has 0 aliphatic rings. The molecule has 3 nitrogen and oxygen atoms in total. The van der Waals surface area contributed by atoms with Gasteiger partial charge in [0.15, 0.2) is 0 Å². The minimum absolute atomic E-state index is 0.192. The molecule has 138 valence electrons. The van der Waals surface area contributed by atoms with Crippen molar-refractivity contribution in [3.8, 4) is 0 Å². The molecular weight excluding hydrogens is 288 g/mol. The SMILES string of the molecule is CCCCCCC(CO)CCCCCCCCCC(C)C(=O)O. The normalized spacial score (nSPS) is 13.9. The van der Waals surface area contributed by atoms with E-state index in [0.717, 1.165) is 19.3 Å². The molecule has 0 fully saturated rings. The number of rotatable bonds is 17. The van der Waals surface area contributed by atoms with E-state index < -0.39 is 5.97 Å². The monoisotopic (exact) mass is 328 g/mol. The van der Waals surface area contributed by atoms with E-state index >= 15 is 0 Å². The first-order valence-corrected chi connectivity index (χ1v) is 9.95. The van der Waals surface area contributed by atoms with E-state index in [4.69, 9.17) is 5.11 Å². The number of aliphatic hydroxyl groups is 1. The van der Waals surface area contributed by atoms with Gasteiger partial charge in [0.05, 0.1) is 5.92 Å². The van der Waals surface area contributed by atoms with Gasteiger partial charge in [-0.2, -0.15) is 0 Å². The predicted molar refractivity (Wildman–Crippen MR) is 97.7 cm³/mol. The van der Waals surface area contributed by atoms with Crippen LogP contribution >= 0.6 is 0 Å². The van der Waals surface area contributed by atoms with Gasteiger partial charge in [-0.05, 0) is 25.2 Å². The van der Waals surface area contributed by atoms with E-state index in [2.05, 4.69) is 6.92 Å². The maximum absolute atomic E-state index is 10.7. The standard InChI is InChI=1S/C20H40O3/c1-3-4-5-12-15-19(17-21)16-13-10-8-6-7-9-11-14-18(2)20(22)23/h18-19,21H,3-17H2,1-2H3,(H,22,23). The van der Waals surface area contributed by atoms with Crippen molar-refractivity contribution in [2.75, 3.05) is 6.61 Å². The van der Waals surface area contributed by atoms with E-state index in [1.807, 2.05) is 0 Å². The summed E-state index contributed by atoms with van der Waals surface area (Å²) in [6.45, 7) is 4.38. The average molecular weight is 329 g/mol. The molecule has 2 atom stereocenters. The van der Waals surface area contributed by atoms with Gasteiger partial charge in [-0.15, -0.1) is 0 Å². The summed E-state index contributed by atoms with van der Waals surface area (Å²) in [5.74, 6) is -0.342. The second-order valence-corrected chi connectivity index (χ2v) is 7.19. The third-order valence-electron chi connectivity index (χ3n) is 4.90. The fraction of sp³-hybridized carbons (Fsp3) is 0.950. The molecule has 0 heterocycles. The second-order valence-electron chi connectivity index (χ2n) is 7.19. The zero-order valence-corrected chi connectivity index (χ0v) is 15.6. The number of carbonyl (C=O) groups is 1. The molecule has 0 radical (unpaired) electrons. The topological polar surface area (TPSA) is 57.5 Å². The molecule has 0 aromatic carbocycles. The average Bonchev–Trinajstić information content (AvgIpc) is 2.54. The van der Waals surface area contributed by atoms with Gasteiger partial charge in [-0.3, -0.25) is 4.79 Å². The molecule has 0 saturated heterocycles. The van der Waals surface area contributed by atoms with Crippen LogP contribution in [0.4, 0.5) is 0 Å². The van der Waals surface area contributed by atoms with Crippen molar-refractivity contribution in [1.29, 1.82) is 0 Å². The number of carboxylic acid groups (broad SMARTS) is 1. The Morgan fingerprint density at radius 2 is 1.22 bits per heavy atom. The Morgan fingerprint density at radius 3 is 1.65 bits per heavy atom. The molecule has 0 aromatic heterocycles. The molecule has 0 rings (SSSR count). The highest BCUT2D eigenvalue weighted by molar-refractivity contribution is 5.69. The van der Waals surface area contributed by atoms with Gasteiger partial charge in [0, 0.05) is 6.61 Å². The van der Waals surface area contributed by atoms with Gasteiger partial charge in [-0.25, -0.2) is 0 Å². The van der Waals surface area contributed by atoms with Crippen LogP contribution < -0.4 is 0 Å². The van der Waals surface area contributed by atoms with E-state index in [9.17, 15) is 9.90 Å². The number of unbranched alkanes of at least 4 members (excludes halogenated alkanes) is 9. The summed E-state index contributed by atoms with van der Waals surface area (Å²) < 4.78 is 0. The second kappa shape index (κ2) is 16.3. The fourth-order valence-corrected chi connectivity index (χ4v) is 3.08. The van der Waals surface area contributed by atoms with Gasteiger partial charge >= 0.3 is 5.97 Å². The molecule has 3 heteroatoms. The van der Waals surface area contributed by atoms with Gasteiger partial charge in [0.25, 0.3) is 0 Å². The Labute approximate surface area is 143 Å². The molecule has 0 bridgehead atoms. The zero-order valence-electron chi connectivity index (χ0n) is 15.6.